The zero-order valence-electron chi connectivity index (χ0n) is 8.38. The maximum absolute atomic E-state index is 12.4. The van der Waals surface area contributed by atoms with Crippen LogP contribution in [0.25, 0.3) is 0 Å². The summed E-state index contributed by atoms with van der Waals surface area (Å²) in [7, 11) is 1.41. The van der Waals surface area contributed by atoms with Crippen LogP contribution in [0.15, 0.2) is 11.1 Å². The first-order chi connectivity index (χ1) is 7.39. The Morgan fingerprint density at radius 2 is 2.19 bits per heavy atom. The number of aryl methyl sites for hydroxylation is 1. The molecule has 16 heavy (non-hydrogen) atoms. The second-order valence-electron chi connectivity index (χ2n) is 3.77. The van der Waals surface area contributed by atoms with Crippen molar-refractivity contribution in [2.45, 2.75) is 24.6 Å². The smallest absolute Gasteiger partial charge is 0.270 e. The lowest BCUT2D eigenvalue weighted by Gasteiger charge is -2.06. The Hall–Kier alpha value is -1.62. The average molecular weight is 231 g/mol. The van der Waals surface area contributed by atoms with Gasteiger partial charge < -0.3 is 0 Å². The van der Waals surface area contributed by atoms with Crippen molar-refractivity contribution in [3.63, 3.8) is 0 Å². The molecule has 1 aliphatic rings. The first-order valence-electron chi connectivity index (χ1n) is 4.60. The third kappa shape index (κ3) is 1.63. The van der Waals surface area contributed by atoms with Gasteiger partial charge in [0.25, 0.3) is 0 Å². The number of hydrogen-bond acceptors (Lipinski definition) is 3. The van der Waals surface area contributed by atoms with E-state index in [-0.39, 0.29) is 0 Å². The predicted octanol–water partition coefficient (Wildman–Crippen LogP) is 1.76. The van der Waals surface area contributed by atoms with Crippen LogP contribution in [0, 0.1) is 0 Å². The molecule has 0 spiro atoms. The van der Waals surface area contributed by atoms with Gasteiger partial charge in [-0.3, -0.25) is 4.68 Å². The van der Waals surface area contributed by atoms with E-state index >= 15 is 0 Å². The van der Waals surface area contributed by atoms with E-state index in [1.54, 1.807) is 0 Å². The molecule has 0 N–H and O–H groups in total. The number of rotatable bonds is 2. The van der Waals surface area contributed by atoms with Crippen molar-refractivity contribution in [3.05, 3.63) is 17.5 Å². The molecule has 0 atom stereocenters. The maximum Gasteiger partial charge on any atom is 0.435 e. The summed E-state index contributed by atoms with van der Waals surface area (Å²) in [5.74, 6) is 0. The van der Waals surface area contributed by atoms with Crippen LogP contribution in [0.5, 0.6) is 0 Å². The Morgan fingerprint density at radius 3 is 2.56 bits per heavy atom. The molecular weight excluding hydrogens is 223 g/mol. The molecule has 1 saturated carbocycles. The van der Waals surface area contributed by atoms with Gasteiger partial charge in [-0.2, -0.15) is 23.3 Å². The van der Waals surface area contributed by atoms with Crippen molar-refractivity contribution in [3.8, 4) is 0 Å². The normalized spacial score (nSPS) is 18.0. The Balaban J connectivity index is 2.44. The van der Waals surface area contributed by atoms with Gasteiger partial charge in [-0.05, 0) is 18.9 Å². The van der Waals surface area contributed by atoms with Gasteiger partial charge in [0.05, 0.1) is 5.69 Å². The summed E-state index contributed by atoms with van der Waals surface area (Å²) in [5, 5.41) is 3.37. The third-order valence-electron chi connectivity index (χ3n) is 2.63. The van der Waals surface area contributed by atoms with Gasteiger partial charge >= 0.3 is 6.18 Å². The third-order valence-corrected chi connectivity index (χ3v) is 2.63. The van der Waals surface area contributed by atoms with Crippen LogP contribution in [-0.2, 0) is 23.6 Å². The predicted molar refractivity (Wildman–Crippen MR) is 47.2 cm³/mol. The minimum Gasteiger partial charge on any atom is -0.270 e. The second kappa shape index (κ2) is 3.18. The first-order valence-corrected chi connectivity index (χ1v) is 4.60. The van der Waals surface area contributed by atoms with Crippen molar-refractivity contribution in [1.29, 1.82) is 0 Å². The zero-order chi connectivity index (χ0) is 12.0. The zero-order valence-corrected chi connectivity index (χ0v) is 8.38. The van der Waals surface area contributed by atoms with E-state index in [2.05, 4.69) is 10.1 Å². The van der Waals surface area contributed by atoms with Crippen LogP contribution in [0.2, 0.25) is 0 Å². The standard InChI is InChI=1S/C9H8F3N3O/c1-15-7(8(2-3-8)13-5-16)4-6(14-15)9(10,11)12/h4H,2-3H2,1H3. The number of nitrogens with zero attached hydrogens (tertiary/aromatic N) is 3. The summed E-state index contributed by atoms with van der Waals surface area (Å²) >= 11 is 0. The van der Waals surface area contributed by atoms with Crippen molar-refractivity contribution < 1.29 is 18.0 Å². The fourth-order valence-corrected chi connectivity index (χ4v) is 1.67. The quantitative estimate of drug-likeness (QED) is 0.575. The largest absolute Gasteiger partial charge is 0.435 e. The molecular formula is C9H8F3N3O. The molecule has 0 saturated heterocycles. The van der Waals surface area contributed by atoms with Crippen molar-refractivity contribution >= 4 is 6.08 Å². The molecule has 1 aromatic heterocycles. The van der Waals surface area contributed by atoms with Gasteiger partial charge in [-0.15, -0.1) is 0 Å². The highest BCUT2D eigenvalue weighted by atomic mass is 19.4. The van der Waals surface area contributed by atoms with E-state index in [1.807, 2.05) is 0 Å². The van der Waals surface area contributed by atoms with Gasteiger partial charge in [-0.1, -0.05) is 0 Å². The molecule has 0 aromatic carbocycles. The summed E-state index contributed by atoms with van der Waals surface area (Å²) in [6.07, 6.45) is -1.97. The fourth-order valence-electron chi connectivity index (χ4n) is 1.67. The van der Waals surface area contributed by atoms with Gasteiger partial charge in [0.2, 0.25) is 6.08 Å². The fraction of sp³-hybridized carbons (Fsp3) is 0.556. The Kier molecular flexibility index (Phi) is 2.17. The monoisotopic (exact) mass is 231 g/mol. The van der Waals surface area contributed by atoms with Crippen molar-refractivity contribution in [2.75, 3.05) is 0 Å². The molecule has 0 radical (unpaired) electrons. The molecule has 0 bridgehead atoms. The SMILES string of the molecule is Cn1nc(C(F)(F)F)cc1C1(N=C=O)CC1. The van der Waals surface area contributed by atoms with Crippen molar-refractivity contribution in [2.24, 2.45) is 12.0 Å². The number of halogens is 3. The molecule has 1 heterocycles. The average Bonchev–Trinajstić information content (AvgIpc) is 2.81. The lowest BCUT2D eigenvalue weighted by atomic mass is 10.2. The first kappa shape index (κ1) is 10.9. The highest BCUT2D eigenvalue weighted by Crippen LogP contribution is 2.49. The summed E-state index contributed by atoms with van der Waals surface area (Å²) in [5.41, 5.74) is -1.48. The molecule has 1 aliphatic carbocycles. The van der Waals surface area contributed by atoms with Crippen LogP contribution in [0.1, 0.15) is 24.2 Å². The van der Waals surface area contributed by atoms with E-state index in [0.717, 1.165) is 10.7 Å². The Bertz CT molecular complexity index is 467. The highest BCUT2D eigenvalue weighted by molar-refractivity contribution is 5.40. The van der Waals surface area contributed by atoms with Crippen LogP contribution in [0.3, 0.4) is 0 Å². The summed E-state index contributed by atoms with van der Waals surface area (Å²) in [6.45, 7) is 0. The number of alkyl halides is 3. The van der Waals surface area contributed by atoms with Gasteiger partial charge in [0.1, 0.15) is 5.54 Å². The van der Waals surface area contributed by atoms with Crippen LogP contribution < -0.4 is 0 Å². The Morgan fingerprint density at radius 1 is 1.56 bits per heavy atom. The topological polar surface area (TPSA) is 47.2 Å². The lowest BCUT2D eigenvalue weighted by Crippen LogP contribution is -2.09. The number of carbonyl (C=O) groups excluding carboxylic acids is 1. The molecule has 4 nitrogen and oxygen atoms in total. The molecule has 2 rings (SSSR count). The summed E-state index contributed by atoms with van der Waals surface area (Å²) in [4.78, 5) is 13.8. The molecule has 1 fully saturated rings. The van der Waals surface area contributed by atoms with E-state index in [1.165, 1.54) is 13.1 Å². The van der Waals surface area contributed by atoms with Crippen LogP contribution >= 0.6 is 0 Å². The van der Waals surface area contributed by atoms with Crippen LogP contribution in [-0.4, -0.2) is 15.9 Å². The molecule has 1 aromatic rings. The van der Waals surface area contributed by atoms with E-state index in [4.69, 9.17) is 0 Å². The summed E-state index contributed by atoms with van der Waals surface area (Å²) < 4.78 is 38.3. The minimum atomic E-state index is -4.48. The number of isocyanates is 1. The second-order valence-corrected chi connectivity index (χ2v) is 3.77. The number of aliphatic imine (C=N–C) groups is 1. The maximum atomic E-state index is 12.4. The molecule has 0 aliphatic heterocycles. The highest BCUT2D eigenvalue weighted by Gasteiger charge is 2.49. The molecule has 0 amide bonds. The van der Waals surface area contributed by atoms with E-state index in [9.17, 15) is 18.0 Å². The number of hydrogen-bond donors (Lipinski definition) is 0. The van der Waals surface area contributed by atoms with Gasteiger partial charge in [-0.25, -0.2) is 4.79 Å². The number of aromatic nitrogens is 2. The molecule has 86 valence electrons. The lowest BCUT2D eigenvalue weighted by molar-refractivity contribution is -0.141. The van der Waals surface area contributed by atoms with Gasteiger partial charge in [0.15, 0.2) is 5.69 Å². The minimum absolute atomic E-state index is 0.308. The van der Waals surface area contributed by atoms with Crippen molar-refractivity contribution in [1.82, 2.24) is 9.78 Å². The van der Waals surface area contributed by atoms with Gasteiger partial charge in [0, 0.05) is 7.05 Å². The van der Waals surface area contributed by atoms with E-state index in [0.29, 0.717) is 18.5 Å². The van der Waals surface area contributed by atoms with E-state index < -0.39 is 17.4 Å². The molecule has 0 unspecified atom stereocenters. The Labute approximate surface area is 88.8 Å². The summed E-state index contributed by atoms with van der Waals surface area (Å²) in [6, 6.07) is 0.938. The molecule has 7 heteroatoms. The van der Waals surface area contributed by atoms with Crippen LogP contribution in [0.4, 0.5) is 13.2 Å².